The van der Waals surface area contributed by atoms with Crippen molar-refractivity contribution in [3.63, 3.8) is 0 Å². The van der Waals surface area contributed by atoms with Crippen LogP contribution in [0, 0.1) is 0 Å². The summed E-state index contributed by atoms with van der Waals surface area (Å²) in [7, 11) is 0. The molecule has 1 atom stereocenters. The van der Waals surface area contributed by atoms with Gasteiger partial charge in [0.05, 0.1) is 12.1 Å². The summed E-state index contributed by atoms with van der Waals surface area (Å²) in [6, 6.07) is 6.67. The van der Waals surface area contributed by atoms with Crippen molar-refractivity contribution in [3.8, 4) is 5.69 Å². The molecule has 1 unspecified atom stereocenters. The highest BCUT2D eigenvalue weighted by atomic mass is 16.2. The lowest BCUT2D eigenvalue weighted by Gasteiger charge is -2.23. The van der Waals surface area contributed by atoms with Crippen molar-refractivity contribution in [3.05, 3.63) is 61.5 Å². The Morgan fingerprint density at radius 1 is 1.23 bits per heavy atom. The molecule has 8 heteroatoms. The third-order valence-corrected chi connectivity index (χ3v) is 3.67. The number of hydrogen-bond donors (Lipinski definition) is 1. The van der Waals surface area contributed by atoms with E-state index in [0.29, 0.717) is 13.1 Å². The van der Waals surface area contributed by atoms with E-state index < -0.39 is 6.04 Å². The number of nitrogens with one attached hydrogen (secondary N) is 1. The standard InChI is InChI=1S/C18H22N6O2/c1-4-10-23(11-5-2)18(26)14(3)20-17(25)12-15-6-8-16(9-7-15)24-13-19-21-22-24/h4-9,13-14H,1-2,10-12H2,3H3,(H,20,25). The predicted molar refractivity (Wildman–Crippen MR) is 97.4 cm³/mol. The summed E-state index contributed by atoms with van der Waals surface area (Å²) in [4.78, 5) is 26.2. The van der Waals surface area contributed by atoms with Crippen LogP contribution < -0.4 is 5.32 Å². The first kappa shape index (κ1) is 19.0. The van der Waals surface area contributed by atoms with Gasteiger partial charge < -0.3 is 10.2 Å². The average Bonchev–Trinajstić information content (AvgIpc) is 3.16. The minimum absolute atomic E-state index is 0.174. The molecule has 1 aromatic heterocycles. The van der Waals surface area contributed by atoms with E-state index in [4.69, 9.17) is 0 Å². The summed E-state index contributed by atoms with van der Waals surface area (Å²) in [5.41, 5.74) is 1.63. The molecule has 0 saturated carbocycles. The zero-order valence-corrected chi connectivity index (χ0v) is 14.7. The molecule has 8 nitrogen and oxygen atoms in total. The van der Waals surface area contributed by atoms with Gasteiger partial charge in [0.25, 0.3) is 0 Å². The largest absolute Gasteiger partial charge is 0.344 e. The lowest BCUT2D eigenvalue weighted by molar-refractivity contribution is -0.135. The Morgan fingerprint density at radius 2 is 1.88 bits per heavy atom. The minimum Gasteiger partial charge on any atom is -0.344 e. The number of rotatable bonds is 9. The molecule has 0 spiro atoms. The van der Waals surface area contributed by atoms with E-state index in [1.165, 1.54) is 11.0 Å². The van der Waals surface area contributed by atoms with Gasteiger partial charge >= 0.3 is 0 Å². The van der Waals surface area contributed by atoms with E-state index in [0.717, 1.165) is 11.3 Å². The first-order chi connectivity index (χ1) is 12.5. The van der Waals surface area contributed by atoms with E-state index in [2.05, 4.69) is 34.0 Å². The molecule has 2 aromatic rings. The third-order valence-electron chi connectivity index (χ3n) is 3.67. The van der Waals surface area contributed by atoms with Gasteiger partial charge in [-0.15, -0.1) is 18.3 Å². The maximum Gasteiger partial charge on any atom is 0.245 e. The van der Waals surface area contributed by atoms with Crippen molar-refractivity contribution >= 4 is 11.8 Å². The highest BCUT2D eigenvalue weighted by Gasteiger charge is 2.20. The van der Waals surface area contributed by atoms with Crippen LogP contribution in [0.4, 0.5) is 0 Å². The second-order valence-corrected chi connectivity index (χ2v) is 5.71. The van der Waals surface area contributed by atoms with Gasteiger partial charge in [-0.1, -0.05) is 24.3 Å². The van der Waals surface area contributed by atoms with Gasteiger partial charge in [0.15, 0.2) is 0 Å². The zero-order valence-electron chi connectivity index (χ0n) is 14.7. The molecule has 136 valence electrons. The summed E-state index contributed by atoms with van der Waals surface area (Å²) >= 11 is 0. The van der Waals surface area contributed by atoms with Crippen LogP contribution in [0.25, 0.3) is 5.69 Å². The Morgan fingerprint density at radius 3 is 2.42 bits per heavy atom. The molecule has 1 N–H and O–H groups in total. The number of aromatic nitrogens is 4. The number of hydrogen-bond acceptors (Lipinski definition) is 5. The van der Waals surface area contributed by atoms with Crippen molar-refractivity contribution in [1.82, 2.24) is 30.4 Å². The molecule has 0 radical (unpaired) electrons. The molecular weight excluding hydrogens is 332 g/mol. The van der Waals surface area contributed by atoms with Gasteiger partial charge in [0, 0.05) is 13.1 Å². The van der Waals surface area contributed by atoms with Gasteiger partial charge in [0.2, 0.25) is 11.8 Å². The van der Waals surface area contributed by atoms with Crippen molar-refractivity contribution < 1.29 is 9.59 Å². The van der Waals surface area contributed by atoms with Gasteiger partial charge in [-0.2, -0.15) is 0 Å². The smallest absolute Gasteiger partial charge is 0.245 e. The summed E-state index contributed by atoms with van der Waals surface area (Å²) in [6.07, 6.45) is 4.95. The lowest BCUT2D eigenvalue weighted by atomic mass is 10.1. The Labute approximate surface area is 152 Å². The van der Waals surface area contributed by atoms with Crippen molar-refractivity contribution in [2.75, 3.05) is 13.1 Å². The fourth-order valence-corrected chi connectivity index (χ4v) is 2.43. The average molecular weight is 354 g/mol. The van der Waals surface area contributed by atoms with Gasteiger partial charge in [-0.25, -0.2) is 4.68 Å². The van der Waals surface area contributed by atoms with Gasteiger partial charge in [-0.3, -0.25) is 9.59 Å². The van der Waals surface area contributed by atoms with E-state index in [1.54, 1.807) is 24.0 Å². The number of nitrogens with zero attached hydrogens (tertiary/aromatic N) is 5. The maximum absolute atomic E-state index is 12.4. The van der Waals surface area contributed by atoms with Crippen LogP contribution in [0.15, 0.2) is 55.9 Å². The number of amides is 2. The molecule has 1 aromatic carbocycles. The molecule has 0 aliphatic carbocycles. The van der Waals surface area contributed by atoms with Crippen LogP contribution in [0.5, 0.6) is 0 Å². The fraction of sp³-hybridized carbons (Fsp3) is 0.278. The van der Waals surface area contributed by atoms with Crippen LogP contribution in [-0.4, -0.2) is 56.1 Å². The molecular formula is C18H22N6O2. The Bertz CT molecular complexity index is 744. The first-order valence-corrected chi connectivity index (χ1v) is 8.17. The van der Waals surface area contributed by atoms with Crippen LogP contribution >= 0.6 is 0 Å². The molecule has 0 bridgehead atoms. The van der Waals surface area contributed by atoms with Gasteiger partial charge in [0.1, 0.15) is 12.4 Å². The second kappa shape index (κ2) is 9.26. The molecule has 0 aliphatic rings. The topological polar surface area (TPSA) is 93.0 Å². The second-order valence-electron chi connectivity index (χ2n) is 5.71. The molecule has 1 heterocycles. The zero-order chi connectivity index (χ0) is 18.9. The van der Waals surface area contributed by atoms with Crippen LogP contribution in [0.1, 0.15) is 12.5 Å². The summed E-state index contributed by atoms with van der Waals surface area (Å²) in [5, 5.41) is 13.7. The van der Waals surface area contributed by atoms with Crippen LogP contribution in [-0.2, 0) is 16.0 Å². The SMILES string of the molecule is C=CCN(CC=C)C(=O)C(C)NC(=O)Cc1ccc(-n2cnnn2)cc1. The predicted octanol–water partition coefficient (Wildman–Crippen LogP) is 0.910. The lowest BCUT2D eigenvalue weighted by Crippen LogP contribution is -2.47. The van der Waals surface area contributed by atoms with Crippen LogP contribution in [0.3, 0.4) is 0 Å². The van der Waals surface area contributed by atoms with E-state index in [9.17, 15) is 9.59 Å². The van der Waals surface area contributed by atoms with E-state index in [1.807, 2.05) is 24.3 Å². The highest BCUT2D eigenvalue weighted by Crippen LogP contribution is 2.08. The fourth-order valence-electron chi connectivity index (χ4n) is 2.43. The number of carbonyl (C=O) groups excluding carboxylic acids is 2. The third kappa shape index (κ3) is 5.10. The van der Waals surface area contributed by atoms with Crippen molar-refractivity contribution in [1.29, 1.82) is 0 Å². The summed E-state index contributed by atoms with van der Waals surface area (Å²) in [5.74, 6) is -0.398. The maximum atomic E-state index is 12.4. The number of benzene rings is 1. The monoisotopic (exact) mass is 354 g/mol. The highest BCUT2D eigenvalue weighted by molar-refractivity contribution is 5.88. The molecule has 0 aliphatic heterocycles. The molecule has 0 fully saturated rings. The summed E-state index contributed by atoms with van der Waals surface area (Å²) in [6.45, 7) is 9.75. The van der Waals surface area contributed by atoms with E-state index in [-0.39, 0.29) is 18.2 Å². The normalized spacial score (nSPS) is 11.4. The van der Waals surface area contributed by atoms with Gasteiger partial charge in [-0.05, 0) is 35.0 Å². The van der Waals surface area contributed by atoms with Crippen molar-refractivity contribution in [2.24, 2.45) is 0 Å². The van der Waals surface area contributed by atoms with Crippen LogP contribution in [0.2, 0.25) is 0 Å². The molecule has 2 rings (SSSR count). The van der Waals surface area contributed by atoms with Crippen molar-refractivity contribution in [2.45, 2.75) is 19.4 Å². The Hall–Kier alpha value is -3.29. The molecule has 26 heavy (non-hydrogen) atoms. The summed E-state index contributed by atoms with van der Waals surface area (Å²) < 4.78 is 1.53. The minimum atomic E-state index is -0.622. The molecule has 0 saturated heterocycles. The van der Waals surface area contributed by atoms with E-state index >= 15 is 0 Å². The Balaban J connectivity index is 1.91. The quantitative estimate of drug-likeness (QED) is 0.676. The molecule has 2 amide bonds. The number of tetrazole rings is 1. The Kier molecular flexibility index (Phi) is 6.78. The number of carbonyl (C=O) groups is 2. The first-order valence-electron chi connectivity index (χ1n) is 8.17.